The lowest BCUT2D eigenvalue weighted by Crippen LogP contribution is -2.49. The molecule has 2 aromatic carbocycles. The summed E-state index contributed by atoms with van der Waals surface area (Å²) < 4.78 is 6.12. The van der Waals surface area contributed by atoms with Gasteiger partial charge in [0.2, 0.25) is 0 Å². The van der Waals surface area contributed by atoms with Gasteiger partial charge in [0.15, 0.2) is 5.60 Å². The lowest BCUT2D eigenvalue weighted by Gasteiger charge is -2.46. The second-order valence-corrected chi connectivity index (χ2v) is 6.69. The van der Waals surface area contributed by atoms with Crippen molar-refractivity contribution in [1.82, 2.24) is 0 Å². The summed E-state index contributed by atoms with van der Waals surface area (Å²) in [6, 6.07) is 21.7. The fraction of sp³-hybridized carbons (Fsp3) is 0.333. The number of hydrogen-bond donors (Lipinski definition) is 0. The zero-order valence-electron chi connectivity index (χ0n) is 16.2. The highest BCUT2D eigenvalue weighted by molar-refractivity contribution is 5.82. The molecule has 0 bridgehead atoms. The summed E-state index contributed by atoms with van der Waals surface area (Å²) in [7, 11) is 0. The van der Waals surface area contributed by atoms with Crippen LogP contribution in [0.1, 0.15) is 50.7 Å². The molecule has 0 aliphatic heterocycles. The number of hydrogen-bond acceptors (Lipinski definition) is 3. The molecule has 0 saturated carbocycles. The molecule has 27 heavy (non-hydrogen) atoms. The lowest BCUT2D eigenvalue weighted by atomic mass is 9.61. The molecule has 0 aliphatic rings. The molecule has 140 valence electrons. The van der Waals surface area contributed by atoms with Gasteiger partial charge >= 0.3 is 5.97 Å². The van der Waals surface area contributed by atoms with Gasteiger partial charge in [-0.15, -0.1) is 0 Å². The van der Waals surface area contributed by atoms with E-state index in [1.54, 1.807) is 0 Å². The summed E-state index contributed by atoms with van der Waals surface area (Å²) in [6.45, 7) is 7.66. The normalized spacial score (nSPS) is 13.2. The molecule has 0 aromatic heterocycles. The van der Waals surface area contributed by atoms with Crippen LogP contribution < -0.4 is 0 Å². The second kappa shape index (κ2) is 9.19. The summed E-state index contributed by atoms with van der Waals surface area (Å²) in [6.07, 6.45) is 4.17. The largest absolute Gasteiger partial charge is 0.444 e. The van der Waals surface area contributed by atoms with Crippen LogP contribution in [-0.2, 0) is 15.1 Å². The van der Waals surface area contributed by atoms with Crippen LogP contribution in [0.2, 0.25) is 0 Å². The van der Waals surface area contributed by atoms with Crippen LogP contribution in [0.25, 0.3) is 0 Å². The molecular formula is C24H27NO2. The molecule has 0 saturated heterocycles. The van der Waals surface area contributed by atoms with Crippen LogP contribution in [0.15, 0.2) is 73.3 Å². The van der Waals surface area contributed by atoms with Crippen LogP contribution in [0.4, 0.5) is 0 Å². The number of carbonyl (C=O) groups is 1. The molecule has 0 spiro atoms. The molecule has 3 heteroatoms. The molecule has 0 heterocycles. The maximum absolute atomic E-state index is 12.5. The minimum Gasteiger partial charge on any atom is -0.444 e. The molecule has 1 unspecified atom stereocenters. The topological polar surface area (TPSA) is 50.1 Å². The van der Waals surface area contributed by atoms with Crippen molar-refractivity contribution in [1.29, 1.82) is 5.26 Å². The first-order valence-corrected chi connectivity index (χ1v) is 9.48. The third kappa shape index (κ3) is 3.80. The molecule has 3 nitrogen and oxygen atoms in total. The van der Waals surface area contributed by atoms with Gasteiger partial charge in [0.1, 0.15) is 5.41 Å². The van der Waals surface area contributed by atoms with E-state index in [2.05, 4.69) is 19.6 Å². The smallest absolute Gasteiger partial charge is 0.331 e. The van der Waals surface area contributed by atoms with Crippen molar-refractivity contribution in [2.45, 2.75) is 45.1 Å². The summed E-state index contributed by atoms with van der Waals surface area (Å²) in [5.74, 6) is -0.535. The lowest BCUT2D eigenvalue weighted by molar-refractivity contribution is -0.162. The Hall–Kier alpha value is -2.86. The number of esters is 1. The van der Waals surface area contributed by atoms with Crippen molar-refractivity contribution in [2.75, 3.05) is 0 Å². The van der Waals surface area contributed by atoms with E-state index in [9.17, 15) is 10.1 Å². The van der Waals surface area contributed by atoms with Gasteiger partial charge in [-0.05, 0) is 12.8 Å². The van der Waals surface area contributed by atoms with E-state index in [1.807, 2.05) is 67.6 Å². The number of carbonyl (C=O) groups excluding carboxylic acids is 1. The third-order valence-electron chi connectivity index (χ3n) is 5.23. The van der Waals surface area contributed by atoms with E-state index in [0.717, 1.165) is 30.0 Å². The van der Waals surface area contributed by atoms with Gasteiger partial charge < -0.3 is 4.74 Å². The van der Waals surface area contributed by atoms with Gasteiger partial charge in [0.05, 0.1) is 6.07 Å². The van der Waals surface area contributed by atoms with E-state index in [-0.39, 0.29) is 0 Å². The van der Waals surface area contributed by atoms with Crippen molar-refractivity contribution in [3.05, 3.63) is 84.4 Å². The van der Waals surface area contributed by atoms with Crippen molar-refractivity contribution in [3.63, 3.8) is 0 Å². The predicted octanol–water partition coefficient (Wildman–Crippen LogP) is 5.77. The van der Waals surface area contributed by atoms with Gasteiger partial charge in [-0.25, -0.2) is 4.79 Å². The number of nitriles is 1. The second-order valence-electron chi connectivity index (χ2n) is 6.69. The van der Waals surface area contributed by atoms with Gasteiger partial charge in [-0.1, -0.05) is 93.9 Å². The molecule has 2 aromatic rings. The maximum Gasteiger partial charge on any atom is 0.331 e. The first-order valence-electron chi connectivity index (χ1n) is 9.48. The van der Waals surface area contributed by atoms with Crippen LogP contribution >= 0.6 is 0 Å². The molecule has 1 atom stereocenters. The molecule has 0 aliphatic carbocycles. The van der Waals surface area contributed by atoms with E-state index in [4.69, 9.17) is 4.74 Å². The van der Waals surface area contributed by atoms with E-state index < -0.39 is 17.0 Å². The fourth-order valence-electron chi connectivity index (χ4n) is 3.77. The van der Waals surface area contributed by atoms with Gasteiger partial charge in [-0.2, -0.15) is 5.26 Å². The zero-order valence-corrected chi connectivity index (χ0v) is 16.2. The number of rotatable bonds is 9. The third-order valence-corrected chi connectivity index (χ3v) is 5.23. The van der Waals surface area contributed by atoms with Gasteiger partial charge in [-0.3, -0.25) is 0 Å². The number of unbranched alkanes of at least 4 members (excludes halogenated alkanes) is 1. The highest BCUT2D eigenvalue weighted by Crippen LogP contribution is 2.53. The fourth-order valence-corrected chi connectivity index (χ4v) is 3.77. The Morgan fingerprint density at radius 3 is 1.96 bits per heavy atom. The molecule has 0 radical (unpaired) electrons. The molecule has 0 fully saturated rings. The number of ether oxygens (including phenoxy) is 1. The quantitative estimate of drug-likeness (QED) is 0.421. The SMILES string of the molecule is C=CC(=O)OC(c1ccccc1)(c1ccccc1)C(C#N)(CC)CCCC. The Labute approximate surface area is 162 Å². The standard InChI is InChI=1S/C24H27NO2/c1-4-7-18-23(6-3,19-25)24(27-22(26)5-2,20-14-10-8-11-15-20)21-16-12-9-13-17-21/h5,8-17H,2,4,6-7,18H2,1,3H3. The molecule has 2 rings (SSSR count). The van der Waals surface area contributed by atoms with Crippen molar-refractivity contribution < 1.29 is 9.53 Å². The van der Waals surface area contributed by atoms with E-state index in [0.29, 0.717) is 12.8 Å². The first kappa shape index (κ1) is 20.5. The van der Waals surface area contributed by atoms with Crippen LogP contribution in [0.5, 0.6) is 0 Å². The van der Waals surface area contributed by atoms with Crippen molar-refractivity contribution >= 4 is 5.97 Å². The average Bonchev–Trinajstić information content (AvgIpc) is 2.74. The summed E-state index contributed by atoms with van der Waals surface area (Å²) in [5.41, 5.74) is -0.513. The van der Waals surface area contributed by atoms with Crippen LogP contribution in [0, 0.1) is 16.7 Å². The van der Waals surface area contributed by atoms with E-state index in [1.165, 1.54) is 0 Å². The zero-order chi connectivity index (χ0) is 19.8. The van der Waals surface area contributed by atoms with Crippen LogP contribution in [-0.4, -0.2) is 5.97 Å². The van der Waals surface area contributed by atoms with Crippen LogP contribution in [0.3, 0.4) is 0 Å². The monoisotopic (exact) mass is 361 g/mol. The first-order chi connectivity index (χ1) is 13.1. The minimum absolute atomic E-state index is 0.535. The molecule has 0 amide bonds. The van der Waals surface area contributed by atoms with Gasteiger partial charge in [0, 0.05) is 17.2 Å². The average molecular weight is 361 g/mol. The Morgan fingerprint density at radius 2 is 1.59 bits per heavy atom. The number of nitrogens with zero attached hydrogens (tertiary/aromatic N) is 1. The van der Waals surface area contributed by atoms with Crippen molar-refractivity contribution in [3.8, 4) is 6.07 Å². The van der Waals surface area contributed by atoms with Gasteiger partial charge in [0.25, 0.3) is 0 Å². The molecule has 0 N–H and O–H groups in total. The minimum atomic E-state index is -1.21. The van der Waals surface area contributed by atoms with Crippen molar-refractivity contribution in [2.24, 2.45) is 5.41 Å². The summed E-state index contributed by atoms with van der Waals surface area (Å²) in [5, 5.41) is 10.4. The molecular weight excluding hydrogens is 334 g/mol. The highest BCUT2D eigenvalue weighted by Gasteiger charge is 2.56. The summed E-state index contributed by atoms with van der Waals surface area (Å²) in [4.78, 5) is 12.5. The Bertz CT molecular complexity index is 753. The summed E-state index contributed by atoms with van der Waals surface area (Å²) >= 11 is 0. The number of benzene rings is 2. The Morgan fingerprint density at radius 1 is 1.07 bits per heavy atom. The maximum atomic E-state index is 12.5. The Kier molecular flexibility index (Phi) is 6.96. The highest BCUT2D eigenvalue weighted by atomic mass is 16.6. The Balaban J connectivity index is 2.88. The predicted molar refractivity (Wildman–Crippen MR) is 108 cm³/mol. The van der Waals surface area contributed by atoms with E-state index >= 15 is 0 Å².